The molecular formula is C7H13Cl2P. The van der Waals surface area contributed by atoms with Crippen LogP contribution in [0.5, 0.6) is 0 Å². The number of rotatable bonds is 3. The predicted molar refractivity (Wildman–Crippen MR) is 50.6 cm³/mol. The maximum Gasteiger partial charge on any atom is 0.0437 e. The molecule has 1 rings (SSSR count). The second-order valence-electron chi connectivity index (χ2n) is 2.77. The minimum atomic E-state index is -0.0265. The van der Waals surface area contributed by atoms with Gasteiger partial charge in [0.2, 0.25) is 0 Å². The van der Waals surface area contributed by atoms with Gasteiger partial charge >= 0.3 is 0 Å². The fourth-order valence-corrected chi connectivity index (χ4v) is 4.98. The summed E-state index contributed by atoms with van der Waals surface area (Å²) in [7, 11) is -0.0265. The highest BCUT2D eigenvalue weighted by Gasteiger charge is 2.22. The van der Waals surface area contributed by atoms with Gasteiger partial charge in [0.05, 0.1) is 0 Å². The Morgan fingerprint density at radius 2 is 1.60 bits per heavy atom. The van der Waals surface area contributed by atoms with Crippen molar-refractivity contribution in [2.75, 3.05) is 11.2 Å². The topological polar surface area (TPSA) is 0 Å². The molecule has 1 aliphatic carbocycles. The largest absolute Gasteiger partial charge is 0.122 e. The minimum absolute atomic E-state index is 0.0265. The minimum Gasteiger partial charge on any atom is -0.122 e. The molecule has 0 aromatic rings. The summed E-state index contributed by atoms with van der Waals surface area (Å²) in [4.78, 5) is 0. The van der Waals surface area contributed by atoms with Gasteiger partial charge < -0.3 is 0 Å². The van der Waals surface area contributed by atoms with Gasteiger partial charge in [0, 0.05) is 11.2 Å². The highest BCUT2D eigenvalue weighted by molar-refractivity contribution is 7.61. The molecule has 0 nitrogen and oxygen atoms in total. The highest BCUT2D eigenvalue weighted by atomic mass is 35.5. The Balaban J connectivity index is 2.29. The summed E-state index contributed by atoms with van der Waals surface area (Å²) in [5, 5.41) is 0. The summed E-state index contributed by atoms with van der Waals surface area (Å²) in [5.74, 6) is 0. The predicted octanol–water partition coefficient (Wildman–Crippen LogP) is 3.80. The molecule has 0 bridgehead atoms. The Morgan fingerprint density at radius 3 is 2.00 bits per heavy atom. The molecule has 0 aromatic heterocycles. The molecule has 0 atom stereocenters. The van der Waals surface area contributed by atoms with Gasteiger partial charge in [0.1, 0.15) is 0 Å². The number of hydrogen-bond acceptors (Lipinski definition) is 0. The van der Waals surface area contributed by atoms with E-state index in [1.807, 2.05) is 0 Å². The summed E-state index contributed by atoms with van der Waals surface area (Å²) >= 11 is 11.6. The number of alkyl halides is 2. The molecule has 3 heteroatoms. The highest BCUT2D eigenvalue weighted by Crippen LogP contribution is 2.49. The van der Waals surface area contributed by atoms with Crippen molar-refractivity contribution >= 4 is 31.1 Å². The zero-order valence-corrected chi connectivity index (χ0v) is 8.43. The van der Waals surface area contributed by atoms with Crippen molar-refractivity contribution in [3.8, 4) is 0 Å². The lowest BCUT2D eigenvalue weighted by Crippen LogP contribution is -1.99. The second kappa shape index (κ2) is 4.80. The van der Waals surface area contributed by atoms with Crippen LogP contribution in [0.25, 0.3) is 0 Å². The molecule has 1 aliphatic rings. The van der Waals surface area contributed by atoms with Crippen LogP contribution in [0.3, 0.4) is 0 Å². The van der Waals surface area contributed by atoms with E-state index in [2.05, 4.69) is 0 Å². The van der Waals surface area contributed by atoms with Gasteiger partial charge in [-0.25, -0.2) is 0 Å². The third-order valence-electron chi connectivity index (χ3n) is 2.15. The SMILES string of the molecule is ClCP(CCl)C1CCCC1. The van der Waals surface area contributed by atoms with Crippen LogP contribution in [-0.2, 0) is 0 Å². The Labute approximate surface area is 74.0 Å². The Hall–Kier alpha value is 1.01. The average Bonchev–Trinajstić information content (AvgIpc) is 2.43. The van der Waals surface area contributed by atoms with Crippen molar-refractivity contribution in [1.29, 1.82) is 0 Å². The lowest BCUT2D eigenvalue weighted by Gasteiger charge is -2.18. The first kappa shape index (κ1) is 9.10. The molecule has 0 N–H and O–H groups in total. The molecule has 0 saturated heterocycles. The first-order valence-corrected chi connectivity index (χ1v) is 6.59. The third kappa shape index (κ3) is 2.26. The van der Waals surface area contributed by atoms with Gasteiger partial charge in [-0.3, -0.25) is 0 Å². The van der Waals surface area contributed by atoms with Gasteiger partial charge in [-0.1, -0.05) is 20.8 Å². The monoisotopic (exact) mass is 198 g/mol. The molecule has 10 heavy (non-hydrogen) atoms. The summed E-state index contributed by atoms with van der Waals surface area (Å²) in [6.07, 6.45) is 5.56. The van der Waals surface area contributed by atoms with Crippen LogP contribution in [0.1, 0.15) is 25.7 Å². The molecule has 0 heterocycles. The normalized spacial score (nSPS) is 20.7. The molecule has 0 unspecified atom stereocenters. The van der Waals surface area contributed by atoms with Crippen LogP contribution in [0.15, 0.2) is 0 Å². The Kier molecular flexibility index (Phi) is 4.37. The molecule has 0 aliphatic heterocycles. The van der Waals surface area contributed by atoms with Crippen molar-refractivity contribution in [2.45, 2.75) is 31.3 Å². The van der Waals surface area contributed by atoms with E-state index in [4.69, 9.17) is 23.2 Å². The van der Waals surface area contributed by atoms with Crippen LogP contribution in [0, 0.1) is 0 Å². The summed E-state index contributed by atoms with van der Waals surface area (Å²) in [6, 6.07) is 0. The van der Waals surface area contributed by atoms with Gasteiger partial charge in [-0.05, 0) is 18.5 Å². The van der Waals surface area contributed by atoms with Gasteiger partial charge in [0.25, 0.3) is 0 Å². The number of halogens is 2. The van der Waals surface area contributed by atoms with Crippen LogP contribution in [-0.4, -0.2) is 16.9 Å². The van der Waals surface area contributed by atoms with Crippen molar-refractivity contribution in [3.05, 3.63) is 0 Å². The molecule has 1 saturated carbocycles. The van der Waals surface area contributed by atoms with E-state index in [1.165, 1.54) is 25.7 Å². The fourth-order valence-electron chi connectivity index (χ4n) is 1.50. The lowest BCUT2D eigenvalue weighted by atomic mass is 10.4. The summed E-state index contributed by atoms with van der Waals surface area (Å²) in [6.45, 7) is 0. The molecule has 0 aromatic carbocycles. The van der Waals surface area contributed by atoms with Gasteiger partial charge in [-0.2, -0.15) is 0 Å². The Morgan fingerprint density at radius 1 is 1.10 bits per heavy atom. The molecular weight excluding hydrogens is 186 g/mol. The first-order chi connectivity index (χ1) is 4.88. The van der Waals surface area contributed by atoms with E-state index in [-0.39, 0.29) is 7.92 Å². The zero-order valence-electron chi connectivity index (χ0n) is 6.02. The van der Waals surface area contributed by atoms with Crippen LogP contribution >= 0.6 is 31.1 Å². The molecule has 0 spiro atoms. The average molecular weight is 199 g/mol. The van der Waals surface area contributed by atoms with E-state index in [1.54, 1.807) is 0 Å². The maximum absolute atomic E-state index is 5.79. The third-order valence-corrected chi connectivity index (χ3v) is 6.15. The van der Waals surface area contributed by atoms with E-state index in [9.17, 15) is 0 Å². The van der Waals surface area contributed by atoms with E-state index in [0.29, 0.717) is 0 Å². The lowest BCUT2D eigenvalue weighted by molar-refractivity contribution is 0.886. The van der Waals surface area contributed by atoms with E-state index < -0.39 is 0 Å². The number of hydrogen-bond donors (Lipinski definition) is 0. The van der Waals surface area contributed by atoms with Gasteiger partial charge in [0.15, 0.2) is 0 Å². The van der Waals surface area contributed by atoms with E-state index >= 15 is 0 Å². The smallest absolute Gasteiger partial charge is 0.0437 e. The zero-order chi connectivity index (χ0) is 7.40. The molecule has 0 amide bonds. The Bertz CT molecular complexity index is 87.6. The summed E-state index contributed by atoms with van der Waals surface area (Å²) < 4.78 is 0. The fraction of sp³-hybridized carbons (Fsp3) is 1.00. The molecule has 0 radical (unpaired) electrons. The summed E-state index contributed by atoms with van der Waals surface area (Å²) in [5.41, 5.74) is 2.51. The van der Waals surface area contributed by atoms with Gasteiger partial charge in [-0.15, -0.1) is 23.2 Å². The van der Waals surface area contributed by atoms with Crippen molar-refractivity contribution in [3.63, 3.8) is 0 Å². The molecule has 60 valence electrons. The van der Waals surface area contributed by atoms with E-state index in [0.717, 1.165) is 16.9 Å². The van der Waals surface area contributed by atoms with Crippen LogP contribution in [0.2, 0.25) is 0 Å². The van der Waals surface area contributed by atoms with Crippen molar-refractivity contribution < 1.29 is 0 Å². The molecule has 1 fully saturated rings. The van der Waals surface area contributed by atoms with Crippen molar-refractivity contribution in [1.82, 2.24) is 0 Å². The van der Waals surface area contributed by atoms with Crippen molar-refractivity contribution in [2.24, 2.45) is 0 Å². The maximum atomic E-state index is 5.79. The van der Waals surface area contributed by atoms with Crippen LogP contribution in [0.4, 0.5) is 0 Å². The quantitative estimate of drug-likeness (QED) is 0.479. The second-order valence-corrected chi connectivity index (χ2v) is 6.59. The first-order valence-electron chi connectivity index (χ1n) is 3.74. The van der Waals surface area contributed by atoms with Crippen LogP contribution < -0.4 is 0 Å². The standard InChI is InChI=1S/C7H13Cl2P/c8-5-10(6-9)7-3-1-2-4-7/h7H,1-6H2.